The summed E-state index contributed by atoms with van der Waals surface area (Å²) in [7, 11) is 1.42. The molecule has 2 rings (SSSR count). The van der Waals surface area contributed by atoms with Gasteiger partial charge in [-0.05, 0) is 50.3 Å². The maximum atomic E-state index is 13.7. The lowest BCUT2D eigenvalue weighted by molar-refractivity contribution is 0.0794. The quantitative estimate of drug-likeness (QED) is 0.895. The Hall–Kier alpha value is -1.82. The second-order valence-corrected chi connectivity index (χ2v) is 6.13. The normalized spacial score (nSPS) is 18.4. The molecule has 2 N–H and O–H groups in total. The number of aliphatic hydroxyl groups excluding tert-OH is 1. The Morgan fingerprint density at radius 3 is 2.57 bits per heavy atom. The summed E-state index contributed by atoms with van der Waals surface area (Å²) in [6.07, 6.45) is 1.27. The molecule has 0 radical (unpaired) electrons. The maximum absolute atomic E-state index is 13.7. The van der Waals surface area contributed by atoms with E-state index in [1.165, 1.54) is 13.2 Å². The van der Waals surface area contributed by atoms with E-state index in [1.54, 1.807) is 24.0 Å². The minimum atomic E-state index is -0.441. The molecule has 1 heterocycles. The predicted molar refractivity (Wildman–Crippen MR) is 85.9 cm³/mol. The van der Waals surface area contributed by atoms with Gasteiger partial charge in [-0.3, -0.25) is 0 Å². The molecule has 2 unspecified atom stereocenters. The number of piperidine rings is 1. The summed E-state index contributed by atoms with van der Waals surface area (Å²) >= 11 is 0. The van der Waals surface area contributed by atoms with Gasteiger partial charge in [0, 0.05) is 13.1 Å². The number of nitrogens with one attached hydrogen (secondary N) is 1. The van der Waals surface area contributed by atoms with Crippen LogP contribution in [0.25, 0.3) is 0 Å². The van der Waals surface area contributed by atoms with Gasteiger partial charge in [-0.15, -0.1) is 0 Å². The van der Waals surface area contributed by atoms with Crippen LogP contribution in [0, 0.1) is 11.7 Å². The van der Waals surface area contributed by atoms with E-state index in [4.69, 9.17) is 4.74 Å². The van der Waals surface area contributed by atoms with Gasteiger partial charge in [-0.2, -0.15) is 0 Å². The molecule has 5 nitrogen and oxygen atoms in total. The Labute approximate surface area is 136 Å². The average Bonchev–Trinajstić information content (AvgIpc) is 2.54. The standard InChI is InChI=1S/C17H25FN2O3/c1-11(14-4-5-16(23-3)15(18)10-14)19-17(22)20-8-6-13(7-9-20)12(2)21/h4-5,10-13,21H,6-9H2,1-3H3,(H,19,22). The molecule has 6 heteroatoms. The molecule has 1 aliphatic rings. The number of hydrogen-bond donors (Lipinski definition) is 2. The first kappa shape index (κ1) is 17.5. The molecule has 0 spiro atoms. The van der Waals surface area contributed by atoms with Crippen molar-refractivity contribution >= 4 is 6.03 Å². The van der Waals surface area contributed by atoms with Crippen molar-refractivity contribution in [1.29, 1.82) is 0 Å². The zero-order valence-electron chi connectivity index (χ0n) is 13.9. The number of urea groups is 1. The smallest absolute Gasteiger partial charge is 0.317 e. The van der Waals surface area contributed by atoms with Gasteiger partial charge in [0.15, 0.2) is 11.6 Å². The molecule has 1 aromatic rings. The first-order chi connectivity index (χ1) is 10.9. The highest BCUT2D eigenvalue weighted by atomic mass is 19.1. The van der Waals surface area contributed by atoms with Crippen LogP contribution in [0.3, 0.4) is 0 Å². The second kappa shape index (κ2) is 7.64. The van der Waals surface area contributed by atoms with Crippen molar-refractivity contribution in [3.63, 3.8) is 0 Å². The van der Waals surface area contributed by atoms with Crippen molar-refractivity contribution in [3.05, 3.63) is 29.6 Å². The van der Waals surface area contributed by atoms with Gasteiger partial charge in [-0.25, -0.2) is 9.18 Å². The second-order valence-electron chi connectivity index (χ2n) is 6.13. The Bertz CT molecular complexity index is 543. The van der Waals surface area contributed by atoms with Crippen LogP contribution in [0.4, 0.5) is 9.18 Å². The number of carbonyl (C=O) groups excluding carboxylic acids is 1. The topological polar surface area (TPSA) is 61.8 Å². The fourth-order valence-electron chi connectivity index (χ4n) is 2.90. The monoisotopic (exact) mass is 324 g/mol. The Morgan fingerprint density at radius 1 is 1.39 bits per heavy atom. The number of nitrogens with zero attached hydrogens (tertiary/aromatic N) is 1. The summed E-state index contributed by atoms with van der Waals surface area (Å²) in [5, 5.41) is 12.5. The summed E-state index contributed by atoms with van der Waals surface area (Å²) in [5.74, 6) is 0.00322. The van der Waals surface area contributed by atoms with Crippen LogP contribution in [0.1, 0.15) is 38.3 Å². The van der Waals surface area contributed by atoms with Crippen molar-refractivity contribution in [2.75, 3.05) is 20.2 Å². The van der Waals surface area contributed by atoms with Crippen LogP contribution in [0.15, 0.2) is 18.2 Å². The lowest BCUT2D eigenvalue weighted by Crippen LogP contribution is -2.46. The van der Waals surface area contributed by atoms with Gasteiger partial charge >= 0.3 is 6.03 Å². The number of benzene rings is 1. The Balaban J connectivity index is 1.91. The van der Waals surface area contributed by atoms with Crippen molar-refractivity contribution in [2.24, 2.45) is 5.92 Å². The Kier molecular flexibility index (Phi) is 5.82. The highest BCUT2D eigenvalue weighted by Gasteiger charge is 2.26. The van der Waals surface area contributed by atoms with Crippen molar-refractivity contribution in [3.8, 4) is 5.75 Å². The molecule has 0 aromatic heterocycles. The van der Waals surface area contributed by atoms with Crippen molar-refractivity contribution in [2.45, 2.75) is 38.8 Å². The molecule has 1 aromatic carbocycles. The van der Waals surface area contributed by atoms with Gasteiger partial charge in [0.05, 0.1) is 19.3 Å². The average molecular weight is 324 g/mol. The number of aliphatic hydroxyl groups is 1. The maximum Gasteiger partial charge on any atom is 0.317 e. The van der Waals surface area contributed by atoms with E-state index in [-0.39, 0.29) is 29.8 Å². The lowest BCUT2D eigenvalue weighted by atomic mass is 9.92. The van der Waals surface area contributed by atoms with E-state index in [1.807, 2.05) is 6.92 Å². The minimum absolute atomic E-state index is 0.155. The van der Waals surface area contributed by atoms with E-state index >= 15 is 0 Å². The number of amides is 2. The molecule has 2 amide bonds. The summed E-state index contributed by atoms with van der Waals surface area (Å²) in [6.45, 7) is 4.87. The first-order valence-corrected chi connectivity index (χ1v) is 7.99. The molecular weight excluding hydrogens is 299 g/mol. The molecule has 23 heavy (non-hydrogen) atoms. The number of hydrogen-bond acceptors (Lipinski definition) is 3. The number of methoxy groups -OCH3 is 1. The molecule has 1 saturated heterocycles. The third kappa shape index (κ3) is 4.34. The van der Waals surface area contributed by atoms with Gasteiger partial charge in [0.1, 0.15) is 0 Å². The van der Waals surface area contributed by atoms with Crippen LogP contribution < -0.4 is 10.1 Å². The minimum Gasteiger partial charge on any atom is -0.494 e. The van der Waals surface area contributed by atoms with E-state index in [0.717, 1.165) is 12.8 Å². The van der Waals surface area contributed by atoms with E-state index in [9.17, 15) is 14.3 Å². The first-order valence-electron chi connectivity index (χ1n) is 7.99. The van der Waals surface area contributed by atoms with Gasteiger partial charge in [0.2, 0.25) is 0 Å². The van der Waals surface area contributed by atoms with Crippen molar-refractivity contribution < 1.29 is 19.0 Å². The van der Waals surface area contributed by atoms with E-state index in [2.05, 4.69) is 5.32 Å². The molecular formula is C17H25FN2O3. The molecule has 0 saturated carbocycles. The molecule has 0 aliphatic carbocycles. The SMILES string of the molecule is COc1ccc(C(C)NC(=O)N2CCC(C(C)O)CC2)cc1F. The number of rotatable bonds is 4. The molecule has 128 valence electrons. The van der Waals surface area contributed by atoms with Gasteiger partial charge < -0.3 is 20.1 Å². The largest absolute Gasteiger partial charge is 0.494 e. The van der Waals surface area contributed by atoms with Crippen LogP contribution >= 0.6 is 0 Å². The zero-order valence-corrected chi connectivity index (χ0v) is 13.9. The lowest BCUT2D eigenvalue weighted by Gasteiger charge is -2.34. The molecule has 0 bridgehead atoms. The molecule has 2 atom stereocenters. The zero-order chi connectivity index (χ0) is 17.0. The molecule has 1 fully saturated rings. The third-order valence-corrected chi connectivity index (χ3v) is 4.52. The number of carbonyl (C=O) groups is 1. The van der Waals surface area contributed by atoms with Crippen LogP contribution in [0.2, 0.25) is 0 Å². The number of halogens is 1. The van der Waals surface area contributed by atoms with Crippen LogP contribution in [-0.2, 0) is 0 Å². The number of ether oxygens (including phenoxy) is 1. The van der Waals surface area contributed by atoms with Crippen molar-refractivity contribution in [1.82, 2.24) is 10.2 Å². The highest BCUT2D eigenvalue weighted by molar-refractivity contribution is 5.74. The number of likely N-dealkylation sites (tertiary alicyclic amines) is 1. The highest BCUT2D eigenvalue weighted by Crippen LogP contribution is 2.23. The fraction of sp³-hybridized carbons (Fsp3) is 0.588. The summed E-state index contributed by atoms with van der Waals surface area (Å²) < 4.78 is 18.6. The fourth-order valence-corrected chi connectivity index (χ4v) is 2.90. The summed E-state index contributed by atoms with van der Waals surface area (Å²) in [6, 6.07) is 4.23. The van der Waals surface area contributed by atoms with E-state index < -0.39 is 5.82 Å². The third-order valence-electron chi connectivity index (χ3n) is 4.52. The predicted octanol–water partition coefficient (Wildman–Crippen LogP) is 2.70. The summed E-state index contributed by atoms with van der Waals surface area (Å²) in [4.78, 5) is 14.0. The van der Waals surface area contributed by atoms with Crippen LogP contribution in [-0.4, -0.2) is 42.3 Å². The van der Waals surface area contributed by atoms with E-state index in [0.29, 0.717) is 18.7 Å². The van der Waals surface area contributed by atoms with Crippen LogP contribution in [0.5, 0.6) is 5.75 Å². The van der Waals surface area contributed by atoms with Gasteiger partial charge in [0.25, 0.3) is 0 Å². The molecule has 1 aliphatic heterocycles. The van der Waals surface area contributed by atoms with Gasteiger partial charge in [-0.1, -0.05) is 6.07 Å². The summed E-state index contributed by atoms with van der Waals surface area (Å²) in [5.41, 5.74) is 0.690. The Morgan fingerprint density at radius 2 is 2.04 bits per heavy atom.